The summed E-state index contributed by atoms with van der Waals surface area (Å²) < 4.78 is 0. The number of nitrogens with one attached hydrogen (secondary N) is 1. The molecule has 0 atom stereocenters. The third kappa shape index (κ3) is 5.87. The van der Waals surface area contributed by atoms with Crippen molar-refractivity contribution < 1.29 is 0 Å². The van der Waals surface area contributed by atoms with Crippen LogP contribution >= 0.6 is 23.2 Å². The van der Waals surface area contributed by atoms with Gasteiger partial charge in [0.15, 0.2) is 0 Å². The molecule has 0 rings (SSSR count). The highest BCUT2D eigenvalue weighted by Crippen LogP contribution is 2.17. The van der Waals surface area contributed by atoms with E-state index in [0.29, 0.717) is 17.0 Å². The van der Waals surface area contributed by atoms with Crippen LogP contribution in [-0.4, -0.2) is 13.1 Å². The molecule has 1 N–H and O–H groups in total. The predicted octanol–water partition coefficient (Wildman–Crippen LogP) is 3.33. The Morgan fingerprint density at radius 1 is 1.50 bits per heavy atom. The van der Waals surface area contributed by atoms with E-state index in [1.165, 1.54) is 5.54 Å². The molecule has 0 aliphatic rings. The lowest BCUT2D eigenvalue weighted by atomic mass is 9.90. The normalized spacial score (nSPS) is 13.6. The van der Waals surface area contributed by atoms with Crippen molar-refractivity contribution in [1.29, 1.82) is 0 Å². The minimum Gasteiger partial charge on any atom is -0.311 e. The van der Waals surface area contributed by atoms with Crippen LogP contribution in [0.3, 0.4) is 0 Å². The summed E-state index contributed by atoms with van der Waals surface area (Å²) in [5.41, 5.74) is 1.73. The molecule has 1 nitrogen and oxygen atoms in total. The molecule has 3 heteroatoms. The molecule has 0 aliphatic carbocycles. The number of rotatable bonds is 5. The van der Waals surface area contributed by atoms with Crippen molar-refractivity contribution in [2.75, 3.05) is 13.1 Å². The molecule has 0 aromatic carbocycles. The highest BCUT2D eigenvalue weighted by atomic mass is 35.5. The smallest absolute Gasteiger partial charge is 0.0431 e. The molecule has 0 saturated heterocycles. The van der Waals surface area contributed by atoms with Gasteiger partial charge in [-0.05, 0) is 11.8 Å². The lowest BCUT2D eigenvalue weighted by molar-refractivity contribution is 0.334. The topological polar surface area (TPSA) is 12.0 Å². The van der Waals surface area contributed by atoms with Crippen LogP contribution in [0.1, 0.15) is 27.2 Å². The van der Waals surface area contributed by atoms with Gasteiger partial charge in [-0.25, -0.2) is 0 Å². The lowest BCUT2D eigenvalue weighted by Gasteiger charge is -2.22. The fraction of sp³-hybridized carbons (Fsp3) is 0.778. The Hall–Kier alpha value is 0.280. The van der Waals surface area contributed by atoms with Crippen LogP contribution in [0.15, 0.2) is 10.6 Å². The maximum Gasteiger partial charge on any atom is 0.0431 e. The molecule has 0 saturated carbocycles. The average molecular weight is 210 g/mol. The van der Waals surface area contributed by atoms with Crippen molar-refractivity contribution in [3.63, 3.8) is 0 Å². The molecule has 0 radical (unpaired) electrons. The monoisotopic (exact) mass is 209 g/mol. The van der Waals surface area contributed by atoms with Gasteiger partial charge in [-0.15, -0.1) is 0 Å². The summed E-state index contributed by atoms with van der Waals surface area (Å²) in [5, 5.41) is 3.90. The summed E-state index contributed by atoms with van der Waals surface area (Å²) in [6.45, 7) is 8.25. The van der Waals surface area contributed by atoms with Crippen molar-refractivity contribution in [1.82, 2.24) is 5.32 Å². The number of halogens is 2. The van der Waals surface area contributed by atoms with Crippen LogP contribution in [0.5, 0.6) is 0 Å². The highest BCUT2D eigenvalue weighted by molar-refractivity contribution is 6.36. The lowest BCUT2D eigenvalue weighted by Crippen LogP contribution is -2.29. The van der Waals surface area contributed by atoms with Gasteiger partial charge in [0, 0.05) is 23.7 Å². The second-order valence-corrected chi connectivity index (χ2v) is 4.38. The first-order chi connectivity index (χ1) is 5.52. The molecular weight excluding hydrogens is 193 g/mol. The van der Waals surface area contributed by atoms with E-state index >= 15 is 0 Å². The van der Waals surface area contributed by atoms with E-state index in [2.05, 4.69) is 26.1 Å². The Bertz CT molecular complexity index is 153. The van der Waals surface area contributed by atoms with E-state index in [9.17, 15) is 0 Å². The quantitative estimate of drug-likeness (QED) is 0.733. The average Bonchev–Trinajstić information content (AvgIpc) is 2.04. The predicted molar refractivity (Wildman–Crippen MR) is 56.7 cm³/mol. The highest BCUT2D eigenvalue weighted by Gasteiger charge is 2.13. The van der Waals surface area contributed by atoms with Crippen molar-refractivity contribution >= 4 is 23.2 Å². The van der Waals surface area contributed by atoms with Crippen molar-refractivity contribution in [3.05, 3.63) is 10.6 Å². The van der Waals surface area contributed by atoms with Crippen LogP contribution in [0.2, 0.25) is 0 Å². The summed E-state index contributed by atoms with van der Waals surface area (Å²) in [6, 6.07) is 0. The van der Waals surface area contributed by atoms with Crippen LogP contribution < -0.4 is 5.32 Å². The van der Waals surface area contributed by atoms with Gasteiger partial charge in [-0.2, -0.15) is 0 Å². The van der Waals surface area contributed by atoms with Gasteiger partial charge in [0.1, 0.15) is 0 Å². The standard InChI is InChI=1S/C9H17Cl2N/c1-4-9(2,3)7-12-6-8(11)5-10/h5,12H,4,6-7H2,1-3H3. The summed E-state index contributed by atoms with van der Waals surface area (Å²) >= 11 is 11.1. The SMILES string of the molecule is CCC(C)(C)CNCC(Cl)=CCl. The van der Waals surface area contributed by atoms with E-state index in [1.54, 1.807) is 0 Å². The third-order valence-electron chi connectivity index (χ3n) is 1.97. The van der Waals surface area contributed by atoms with Gasteiger partial charge in [0.05, 0.1) is 0 Å². The molecule has 0 amide bonds. The van der Waals surface area contributed by atoms with Crippen LogP contribution in [0.25, 0.3) is 0 Å². The van der Waals surface area contributed by atoms with Gasteiger partial charge in [-0.1, -0.05) is 44.0 Å². The zero-order chi connectivity index (χ0) is 9.61. The molecule has 0 bridgehead atoms. The van der Waals surface area contributed by atoms with Crippen molar-refractivity contribution in [2.24, 2.45) is 5.41 Å². The zero-order valence-electron chi connectivity index (χ0n) is 7.95. The van der Waals surface area contributed by atoms with Crippen LogP contribution in [0, 0.1) is 5.41 Å². The molecule has 12 heavy (non-hydrogen) atoms. The van der Waals surface area contributed by atoms with E-state index in [1.807, 2.05) is 0 Å². The maximum atomic E-state index is 5.70. The van der Waals surface area contributed by atoms with Gasteiger partial charge in [-0.3, -0.25) is 0 Å². The third-order valence-corrected chi connectivity index (χ3v) is 2.59. The van der Waals surface area contributed by atoms with E-state index < -0.39 is 0 Å². The minimum atomic E-state index is 0.337. The van der Waals surface area contributed by atoms with E-state index in [-0.39, 0.29) is 0 Å². The second kappa shape index (κ2) is 5.85. The van der Waals surface area contributed by atoms with E-state index in [4.69, 9.17) is 23.2 Å². The first-order valence-electron chi connectivity index (χ1n) is 4.17. The molecule has 0 aromatic rings. The Kier molecular flexibility index (Phi) is 5.98. The Morgan fingerprint density at radius 2 is 2.08 bits per heavy atom. The summed E-state index contributed by atoms with van der Waals surface area (Å²) in [7, 11) is 0. The van der Waals surface area contributed by atoms with Gasteiger partial charge in [0.2, 0.25) is 0 Å². The molecule has 0 heterocycles. The second-order valence-electron chi connectivity index (χ2n) is 3.68. The minimum absolute atomic E-state index is 0.337. The maximum absolute atomic E-state index is 5.70. The first-order valence-corrected chi connectivity index (χ1v) is 4.99. The zero-order valence-corrected chi connectivity index (χ0v) is 9.47. The largest absolute Gasteiger partial charge is 0.311 e. The Morgan fingerprint density at radius 3 is 2.50 bits per heavy atom. The first kappa shape index (κ1) is 12.3. The van der Waals surface area contributed by atoms with Crippen LogP contribution in [-0.2, 0) is 0 Å². The van der Waals surface area contributed by atoms with Gasteiger partial charge >= 0.3 is 0 Å². The molecule has 0 fully saturated rings. The van der Waals surface area contributed by atoms with Gasteiger partial charge < -0.3 is 5.32 Å². The number of hydrogen-bond acceptors (Lipinski definition) is 1. The van der Waals surface area contributed by atoms with Crippen LogP contribution in [0.4, 0.5) is 0 Å². The van der Waals surface area contributed by atoms with Crippen molar-refractivity contribution in [2.45, 2.75) is 27.2 Å². The van der Waals surface area contributed by atoms with E-state index in [0.717, 1.165) is 13.0 Å². The molecule has 0 aliphatic heterocycles. The summed E-state index contributed by atoms with van der Waals surface area (Å²) in [5.74, 6) is 0. The Labute approximate surface area is 85.1 Å². The van der Waals surface area contributed by atoms with Crippen molar-refractivity contribution in [3.8, 4) is 0 Å². The Balaban J connectivity index is 3.56. The molecule has 0 unspecified atom stereocenters. The molecular formula is C9H17Cl2N. The van der Waals surface area contributed by atoms with Gasteiger partial charge in [0.25, 0.3) is 0 Å². The fourth-order valence-corrected chi connectivity index (χ4v) is 0.856. The molecule has 0 spiro atoms. The summed E-state index contributed by atoms with van der Waals surface area (Å²) in [4.78, 5) is 0. The fourth-order valence-electron chi connectivity index (χ4n) is 0.684. The number of hydrogen-bond donors (Lipinski definition) is 1. The molecule has 72 valence electrons. The summed E-state index contributed by atoms with van der Waals surface area (Å²) in [6.07, 6.45) is 1.15. The molecule has 0 aromatic heterocycles.